The van der Waals surface area contributed by atoms with Gasteiger partial charge in [0.05, 0.1) is 34.4 Å². The second-order valence-electron chi connectivity index (χ2n) is 17.3. The third-order valence-corrected chi connectivity index (χ3v) is 13.9. The van der Waals surface area contributed by atoms with Gasteiger partial charge in [-0.25, -0.2) is 0 Å². The summed E-state index contributed by atoms with van der Waals surface area (Å²) in [6.07, 6.45) is 0. The molecule has 3 aliphatic carbocycles. The van der Waals surface area contributed by atoms with Crippen LogP contribution < -0.4 is 4.90 Å². The Morgan fingerprint density at radius 3 is 1.68 bits per heavy atom. The quantitative estimate of drug-likeness (QED) is 0.161. The van der Waals surface area contributed by atoms with E-state index in [1.54, 1.807) is 17.0 Å². The second-order valence-corrected chi connectivity index (χ2v) is 17.3. The predicted octanol–water partition coefficient (Wildman–Crippen LogP) is 18.0. The molecule has 0 amide bonds. The molecule has 0 unspecified atom stereocenters. The molecule has 0 N–H and O–H groups in total. The highest BCUT2D eigenvalue weighted by Crippen LogP contribution is 2.63. The molecule has 1 heteroatoms. The average molecular weight is 901 g/mol. The first-order valence-electron chi connectivity index (χ1n) is 33.9. The summed E-state index contributed by atoms with van der Waals surface area (Å²) in [6, 6.07) is 29.6. The topological polar surface area (TPSA) is 3.24 Å². The standard InChI is InChI=1S/C68H47N/c1-67(2)58-29-13-11-27-56(58)66-57(28-18-33-62(66)67)65-50-23-7-6-21-45(50)37-41-51(65)46-35-38-47(39-36-46)69(64-34-17-12-22-49(64)44-19-4-3-5-20-44)48-40-42-55-54-26-10-16-32-61(54)68(63(55)43-48)59-30-14-8-24-52(59)53-25-9-15-31-60(53)68/h3-43H,1-2H3/i1D3,2D3,6D,7D,11D,13D,18D,21D,23D,27D,28D,29D,33D,35D,36D,37D,38D,39D,41D. The Kier molecular flexibility index (Phi) is 4.99. The molecule has 0 heterocycles. The number of fused-ring (bicyclic) bond motifs is 14. The molecule has 1 spiro atoms. The molecular weight excluding hydrogens is 831 g/mol. The van der Waals surface area contributed by atoms with E-state index >= 15 is 0 Å². The van der Waals surface area contributed by atoms with Gasteiger partial charge in [-0.15, -0.1) is 0 Å². The lowest BCUT2D eigenvalue weighted by molar-refractivity contribution is 0.660. The summed E-state index contributed by atoms with van der Waals surface area (Å²) in [4.78, 5) is 1.60. The van der Waals surface area contributed by atoms with Gasteiger partial charge in [0, 0.05) is 30.6 Å². The minimum atomic E-state index is -3.88. The molecule has 0 aromatic heterocycles. The van der Waals surface area contributed by atoms with Gasteiger partial charge in [-0.2, -0.15) is 0 Å². The molecule has 324 valence electrons. The van der Waals surface area contributed by atoms with Crippen LogP contribution in [0.5, 0.6) is 0 Å². The highest BCUT2D eigenvalue weighted by Gasteiger charge is 2.51. The molecule has 0 saturated heterocycles. The minimum absolute atomic E-state index is 0.343. The fourth-order valence-electron chi connectivity index (χ4n) is 11.1. The zero-order valence-electron chi connectivity index (χ0n) is 59.3. The van der Waals surface area contributed by atoms with Crippen molar-refractivity contribution in [3.05, 3.63) is 282 Å². The van der Waals surface area contributed by atoms with Gasteiger partial charge in [0.2, 0.25) is 0 Å². The summed E-state index contributed by atoms with van der Waals surface area (Å²) in [5, 5.41) is -1.48. The van der Waals surface area contributed by atoms with E-state index in [4.69, 9.17) is 13.7 Å². The number of benzene rings is 11. The highest BCUT2D eigenvalue weighted by molar-refractivity contribution is 6.09. The van der Waals surface area contributed by atoms with Gasteiger partial charge >= 0.3 is 0 Å². The first-order valence-corrected chi connectivity index (χ1v) is 22.4. The summed E-state index contributed by atoms with van der Waals surface area (Å²) in [7, 11) is 0. The first kappa shape index (κ1) is 23.0. The van der Waals surface area contributed by atoms with E-state index in [0.717, 1.165) is 44.5 Å². The van der Waals surface area contributed by atoms with Crippen LogP contribution in [0.1, 0.15) is 78.6 Å². The molecule has 11 aromatic carbocycles. The van der Waals surface area contributed by atoms with Crippen LogP contribution in [0, 0.1) is 0 Å². The second kappa shape index (κ2) is 15.0. The van der Waals surface area contributed by atoms with Crippen LogP contribution in [-0.2, 0) is 10.8 Å². The lowest BCUT2D eigenvalue weighted by Gasteiger charge is -2.32. The fraction of sp³-hybridized carbons (Fsp3) is 0.0588. The molecule has 69 heavy (non-hydrogen) atoms. The Morgan fingerprint density at radius 2 is 0.957 bits per heavy atom. The van der Waals surface area contributed by atoms with Crippen LogP contribution in [0.3, 0.4) is 0 Å². The lowest BCUT2D eigenvalue weighted by atomic mass is 9.70. The van der Waals surface area contributed by atoms with Crippen molar-refractivity contribution in [1.29, 1.82) is 0 Å². The maximum absolute atomic E-state index is 10.4. The SMILES string of the molecule is [2H]c1c([2H])c([2H])c2c(c1[2H])-c1c(-c3c(-c4c([2H])c([2H])c(N(c5ccc6c(c5)C5(c7ccccc7-c7ccccc75)c5ccccc5-6)c5ccccc5-c5ccccc5)c([2H])c4[2H])c([2H])c([2H])c4c([2H])c([2H])c([2H])c([2H])c34)c([2H])c([2H])c([2H])c1C2(C([2H])([2H])[2H])C([2H])([2H])[2H]. The van der Waals surface area contributed by atoms with Crippen molar-refractivity contribution in [2.75, 3.05) is 4.90 Å². The smallest absolute Gasteiger partial charge is 0.0726 e. The van der Waals surface area contributed by atoms with Gasteiger partial charge in [-0.05, 0) is 136 Å². The molecule has 0 bridgehead atoms. The summed E-state index contributed by atoms with van der Waals surface area (Å²) >= 11 is 0. The number of rotatable bonds is 6. The summed E-state index contributed by atoms with van der Waals surface area (Å²) in [5.41, 5.74) is -2.39. The van der Waals surface area contributed by atoms with Crippen molar-refractivity contribution in [3.63, 3.8) is 0 Å². The molecule has 3 aliphatic rings. The van der Waals surface area contributed by atoms with Crippen LogP contribution in [0.4, 0.5) is 17.1 Å². The van der Waals surface area contributed by atoms with Crippen molar-refractivity contribution in [1.82, 2.24) is 0 Å². The van der Waals surface area contributed by atoms with E-state index in [2.05, 4.69) is 36.4 Å². The molecule has 11 aromatic rings. The summed E-state index contributed by atoms with van der Waals surface area (Å²) in [5.74, 6) is 0. The van der Waals surface area contributed by atoms with E-state index in [1.165, 1.54) is 0 Å². The Morgan fingerprint density at radius 1 is 0.362 bits per heavy atom. The van der Waals surface area contributed by atoms with Crippen molar-refractivity contribution in [2.24, 2.45) is 0 Å². The Balaban J connectivity index is 1.13. The maximum atomic E-state index is 10.4. The molecule has 0 fully saturated rings. The van der Waals surface area contributed by atoms with E-state index in [-0.39, 0.29) is 5.69 Å². The van der Waals surface area contributed by atoms with Crippen molar-refractivity contribution < 1.29 is 31.5 Å². The normalized spacial score (nSPS) is 19.0. The van der Waals surface area contributed by atoms with Gasteiger partial charge in [0.25, 0.3) is 0 Å². The van der Waals surface area contributed by atoms with Gasteiger partial charge in [0.15, 0.2) is 0 Å². The molecule has 14 rings (SSSR count). The minimum Gasteiger partial charge on any atom is -0.310 e. The lowest BCUT2D eigenvalue weighted by Crippen LogP contribution is -2.26. The van der Waals surface area contributed by atoms with Crippen LogP contribution in [0.2, 0.25) is 0 Å². The maximum Gasteiger partial charge on any atom is 0.0726 e. The Hall–Kier alpha value is -8.52. The molecular formula is C68H47N. The van der Waals surface area contributed by atoms with Crippen LogP contribution in [-0.4, -0.2) is 0 Å². The third-order valence-electron chi connectivity index (χ3n) is 13.9. The van der Waals surface area contributed by atoms with Gasteiger partial charge < -0.3 is 4.90 Å². The van der Waals surface area contributed by atoms with E-state index in [9.17, 15) is 17.8 Å². The summed E-state index contributed by atoms with van der Waals surface area (Å²) < 4.78 is 217. The highest BCUT2D eigenvalue weighted by atomic mass is 15.1. The van der Waals surface area contributed by atoms with Gasteiger partial charge in [-0.3, -0.25) is 0 Å². The number of anilines is 3. The van der Waals surface area contributed by atoms with Crippen LogP contribution in [0.15, 0.2) is 248 Å². The van der Waals surface area contributed by atoms with Gasteiger partial charge in [-0.1, -0.05) is 232 Å². The van der Waals surface area contributed by atoms with Gasteiger partial charge in [0.1, 0.15) is 0 Å². The number of nitrogens with zero attached hydrogens (tertiary/aromatic N) is 1. The monoisotopic (exact) mass is 901 g/mol. The van der Waals surface area contributed by atoms with Crippen molar-refractivity contribution in [3.8, 4) is 66.8 Å². The predicted molar refractivity (Wildman–Crippen MR) is 289 cm³/mol. The van der Waals surface area contributed by atoms with Crippen LogP contribution in [0.25, 0.3) is 77.5 Å². The molecule has 0 saturated carbocycles. The molecule has 0 radical (unpaired) electrons. The van der Waals surface area contributed by atoms with E-state index in [1.807, 2.05) is 97.1 Å². The average Bonchev–Trinajstić information content (AvgIpc) is 1.47. The van der Waals surface area contributed by atoms with Crippen LogP contribution >= 0.6 is 0 Å². The Labute approximate surface area is 436 Å². The largest absolute Gasteiger partial charge is 0.310 e. The number of hydrogen-bond acceptors (Lipinski definition) is 1. The Bertz CT molecular complexity index is 5020. The number of hydrogen-bond donors (Lipinski definition) is 0. The third kappa shape index (κ3) is 5.59. The van der Waals surface area contributed by atoms with E-state index in [0.29, 0.717) is 22.5 Å². The first-order chi connectivity index (χ1) is 43.6. The zero-order valence-corrected chi connectivity index (χ0v) is 36.3. The van der Waals surface area contributed by atoms with Crippen molar-refractivity contribution >= 4 is 27.8 Å². The molecule has 0 aliphatic heterocycles. The molecule has 1 nitrogen and oxygen atoms in total. The van der Waals surface area contributed by atoms with Crippen molar-refractivity contribution in [2.45, 2.75) is 24.5 Å². The zero-order chi connectivity index (χ0) is 65.6. The number of para-hydroxylation sites is 1. The molecule has 0 atom stereocenters. The fourth-order valence-corrected chi connectivity index (χ4v) is 11.1. The van der Waals surface area contributed by atoms with E-state index < -0.39 is 183 Å². The summed E-state index contributed by atoms with van der Waals surface area (Å²) in [6.45, 7) is -7.75.